The maximum absolute atomic E-state index is 14.0. The Morgan fingerprint density at radius 2 is 1.59 bits per heavy atom. The molecule has 2 amide bonds. The van der Waals surface area contributed by atoms with Gasteiger partial charge in [-0.2, -0.15) is 0 Å². The van der Waals surface area contributed by atoms with Crippen molar-refractivity contribution in [3.63, 3.8) is 0 Å². The molecule has 0 saturated heterocycles. The summed E-state index contributed by atoms with van der Waals surface area (Å²) in [6.45, 7) is -0.0233. The van der Waals surface area contributed by atoms with E-state index in [4.69, 9.17) is 25.5 Å². The van der Waals surface area contributed by atoms with Crippen molar-refractivity contribution in [2.45, 2.75) is 13.2 Å². The van der Waals surface area contributed by atoms with Gasteiger partial charge in [0.05, 0.1) is 22.3 Å². The molecule has 8 nitrogen and oxygen atoms in total. The molecule has 3 aromatic carbocycles. The Hall–Kier alpha value is -4.89. The van der Waals surface area contributed by atoms with Gasteiger partial charge in [0.15, 0.2) is 5.58 Å². The summed E-state index contributed by atoms with van der Waals surface area (Å²) >= 11 is 6.06. The van der Waals surface area contributed by atoms with Crippen LogP contribution in [0.1, 0.15) is 11.1 Å². The predicted molar refractivity (Wildman–Crippen MR) is 144 cm³/mol. The van der Waals surface area contributed by atoms with E-state index in [0.29, 0.717) is 5.39 Å². The summed E-state index contributed by atoms with van der Waals surface area (Å²) in [4.78, 5) is 31.5. The lowest BCUT2D eigenvalue weighted by Gasteiger charge is -2.23. The first kappa shape index (κ1) is 25.7. The maximum atomic E-state index is 14.0. The van der Waals surface area contributed by atoms with Gasteiger partial charge in [-0.1, -0.05) is 72.3 Å². The normalized spacial score (nSPS) is 10.7. The summed E-state index contributed by atoms with van der Waals surface area (Å²) in [5.74, 6) is -0.768. The van der Waals surface area contributed by atoms with E-state index in [9.17, 15) is 14.0 Å². The average Bonchev–Trinajstić information content (AvgIpc) is 3.31. The Morgan fingerprint density at radius 3 is 2.26 bits per heavy atom. The van der Waals surface area contributed by atoms with Gasteiger partial charge in [-0.15, -0.1) is 0 Å². The lowest BCUT2D eigenvalue weighted by molar-refractivity contribution is 0.149. The number of carbonyl (C=O) groups excluding carboxylic acids is 2. The van der Waals surface area contributed by atoms with Crippen LogP contribution in [0.3, 0.4) is 0 Å². The van der Waals surface area contributed by atoms with Gasteiger partial charge in [0.2, 0.25) is 5.88 Å². The van der Waals surface area contributed by atoms with Gasteiger partial charge in [-0.05, 0) is 35.4 Å². The smallest absolute Gasteiger partial charge is 0.419 e. The molecule has 0 bridgehead atoms. The molecule has 0 unspecified atom stereocenters. The van der Waals surface area contributed by atoms with E-state index in [1.54, 1.807) is 18.2 Å². The molecule has 5 rings (SSSR count). The van der Waals surface area contributed by atoms with Crippen LogP contribution in [0, 0.1) is 5.82 Å². The Morgan fingerprint density at radius 1 is 0.923 bits per heavy atom. The van der Waals surface area contributed by atoms with Crippen molar-refractivity contribution in [1.82, 2.24) is 4.98 Å². The van der Waals surface area contributed by atoms with Crippen LogP contribution in [0.15, 0.2) is 102 Å². The highest BCUT2D eigenvalue weighted by Gasteiger charge is 2.30. The Kier molecular flexibility index (Phi) is 7.70. The number of hydrogen-bond donors (Lipinski definition) is 1. The number of benzene rings is 3. The summed E-state index contributed by atoms with van der Waals surface area (Å²) in [5.41, 5.74) is 2.13. The number of nitrogens with zero attached hydrogens (tertiary/aromatic N) is 2. The molecule has 5 aromatic rings. The Bertz CT molecular complexity index is 1610. The van der Waals surface area contributed by atoms with E-state index in [1.165, 1.54) is 24.5 Å². The van der Waals surface area contributed by atoms with Gasteiger partial charge in [-0.3, -0.25) is 10.3 Å². The first-order valence-corrected chi connectivity index (χ1v) is 12.2. The van der Waals surface area contributed by atoms with E-state index in [0.717, 1.165) is 22.1 Å². The minimum atomic E-state index is -0.818. The molecule has 2 heterocycles. The van der Waals surface area contributed by atoms with Crippen molar-refractivity contribution in [2.75, 3.05) is 10.2 Å². The molecule has 1 N–H and O–H groups in total. The number of ether oxygens (including phenoxy) is 2. The fraction of sp³-hybridized carbons (Fsp3) is 0.0690. The quantitative estimate of drug-likeness (QED) is 0.224. The number of fused-ring (bicyclic) bond motifs is 1. The van der Waals surface area contributed by atoms with Crippen LogP contribution in [0.2, 0.25) is 5.02 Å². The van der Waals surface area contributed by atoms with E-state index in [2.05, 4.69) is 10.3 Å². The molecular weight excluding hydrogens is 525 g/mol. The van der Waals surface area contributed by atoms with E-state index in [1.807, 2.05) is 48.5 Å². The second kappa shape index (κ2) is 11.7. The van der Waals surface area contributed by atoms with Crippen LogP contribution in [0.5, 0.6) is 0 Å². The van der Waals surface area contributed by atoms with Crippen molar-refractivity contribution < 1.29 is 27.9 Å². The van der Waals surface area contributed by atoms with Gasteiger partial charge in [-0.25, -0.2) is 18.9 Å². The molecule has 0 aliphatic carbocycles. The first-order chi connectivity index (χ1) is 19.0. The van der Waals surface area contributed by atoms with Crippen molar-refractivity contribution in [3.8, 4) is 0 Å². The van der Waals surface area contributed by atoms with Gasteiger partial charge in [0.25, 0.3) is 0 Å². The van der Waals surface area contributed by atoms with E-state index >= 15 is 0 Å². The molecule has 196 valence electrons. The maximum Gasteiger partial charge on any atom is 0.419 e. The summed E-state index contributed by atoms with van der Waals surface area (Å²) in [5, 5.41) is 2.79. The highest BCUT2D eigenvalue weighted by molar-refractivity contribution is 6.31. The Balaban J connectivity index is 1.51. The molecule has 2 aromatic heterocycles. The molecule has 0 radical (unpaired) electrons. The SMILES string of the molecule is O=C(Nc1oc2cnccc2c1N(C(=O)OCc1ccccc1)c1ccc(F)c(Cl)c1)OCc1ccccc1. The summed E-state index contributed by atoms with van der Waals surface area (Å²) in [6, 6.07) is 23.6. The molecule has 0 fully saturated rings. The third kappa shape index (κ3) is 6.00. The Labute approximate surface area is 227 Å². The number of carbonyl (C=O) groups is 2. The number of nitrogens with one attached hydrogen (secondary N) is 1. The zero-order valence-corrected chi connectivity index (χ0v) is 21.1. The fourth-order valence-electron chi connectivity index (χ4n) is 3.83. The van der Waals surface area contributed by atoms with Gasteiger partial charge in [0, 0.05) is 6.20 Å². The fourth-order valence-corrected chi connectivity index (χ4v) is 4.00. The third-order valence-electron chi connectivity index (χ3n) is 5.67. The lowest BCUT2D eigenvalue weighted by Crippen LogP contribution is -2.28. The van der Waals surface area contributed by atoms with Crippen LogP contribution in [-0.4, -0.2) is 17.2 Å². The van der Waals surface area contributed by atoms with Crippen molar-refractivity contribution in [1.29, 1.82) is 0 Å². The molecule has 39 heavy (non-hydrogen) atoms. The second-order valence-electron chi connectivity index (χ2n) is 8.31. The highest BCUT2D eigenvalue weighted by Crippen LogP contribution is 2.42. The van der Waals surface area contributed by atoms with Gasteiger partial charge < -0.3 is 13.9 Å². The van der Waals surface area contributed by atoms with Crippen LogP contribution < -0.4 is 10.2 Å². The zero-order valence-electron chi connectivity index (χ0n) is 20.3. The summed E-state index contributed by atoms with van der Waals surface area (Å²) < 4.78 is 30.8. The predicted octanol–water partition coefficient (Wildman–Crippen LogP) is 7.84. The molecule has 0 aliphatic rings. The number of aromatic nitrogens is 1. The average molecular weight is 546 g/mol. The van der Waals surface area contributed by atoms with Crippen molar-refractivity contribution in [2.24, 2.45) is 0 Å². The number of rotatable bonds is 7. The molecule has 0 aliphatic heterocycles. The molecule has 0 spiro atoms. The highest BCUT2D eigenvalue weighted by atomic mass is 35.5. The van der Waals surface area contributed by atoms with Crippen LogP contribution in [-0.2, 0) is 22.7 Å². The number of amides is 2. The van der Waals surface area contributed by atoms with Crippen LogP contribution >= 0.6 is 11.6 Å². The number of anilines is 3. The van der Waals surface area contributed by atoms with Gasteiger partial charge in [0.1, 0.15) is 24.7 Å². The third-order valence-corrected chi connectivity index (χ3v) is 5.96. The topological polar surface area (TPSA) is 93.9 Å². The monoisotopic (exact) mass is 545 g/mol. The zero-order chi connectivity index (χ0) is 27.2. The lowest BCUT2D eigenvalue weighted by atomic mass is 10.2. The standard InChI is InChI=1S/C29H21ClFN3O5/c30-23-15-21(11-12-24(23)31)34(29(36)38-18-20-9-5-2-6-10-20)26-22-13-14-32-16-25(22)39-27(26)33-28(35)37-17-19-7-3-1-4-8-19/h1-16H,17-18H2,(H,33,35). The van der Waals surface area contributed by atoms with Crippen LogP contribution in [0.25, 0.3) is 11.0 Å². The number of halogens is 2. The van der Waals surface area contributed by atoms with Gasteiger partial charge >= 0.3 is 12.2 Å². The van der Waals surface area contributed by atoms with Crippen LogP contribution in [0.4, 0.5) is 31.2 Å². The minimum Gasteiger partial charge on any atom is -0.444 e. The molecule has 10 heteroatoms. The van der Waals surface area contributed by atoms with E-state index in [-0.39, 0.29) is 41.1 Å². The minimum absolute atomic E-state index is 0.0141. The summed E-state index contributed by atoms with van der Waals surface area (Å²) in [6.07, 6.45) is 1.30. The number of hydrogen-bond acceptors (Lipinski definition) is 6. The molecular formula is C29H21ClFN3O5. The molecule has 0 saturated carbocycles. The summed E-state index contributed by atoms with van der Waals surface area (Å²) in [7, 11) is 0. The second-order valence-corrected chi connectivity index (χ2v) is 8.72. The number of furan rings is 1. The molecule has 0 atom stereocenters. The first-order valence-electron chi connectivity index (χ1n) is 11.8. The number of pyridine rings is 1. The van der Waals surface area contributed by atoms with E-state index < -0.39 is 18.0 Å². The largest absolute Gasteiger partial charge is 0.444 e. The van der Waals surface area contributed by atoms with Crippen molar-refractivity contribution >= 4 is 52.0 Å². The van der Waals surface area contributed by atoms with Crippen molar-refractivity contribution in [3.05, 3.63) is 119 Å².